The van der Waals surface area contributed by atoms with Crippen LogP contribution in [0.25, 0.3) is 6.08 Å². The van der Waals surface area contributed by atoms with Gasteiger partial charge in [-0.05, 0) is 24.6 Å². The van der Waals surface area contributed by atoms with Gasteiger partial charge < -0.3 is 10.1 Å². The number of anilines is 1. The highest BCUT2D eigenvalue weighted by Gasteiger charge is 2.08. The van der Waals surface area contributed by atoms with Gasteiger partial charge >= 0.3 is 11.0 Å². The van der Waals surface area contributed by atoms with Crippen molar-refractivity contribution in [2.75, 3.05) is 18.5 Å². The van der Waals surface area contributed by atoms with E-state index in [1.165, 1.54) is 30.4 Å². The summed E-state index contributed by atoms with van der Waals surface area (Å²) in [6.45, 7) is 0.646. The molecule has 1 N–H and O–H groups in total. The number of thiophene rings is 1. The van der Waals surface area contributed by atoms with E-state index in [9.17, 15) is 25.0 Å². The van der Waals surface area contributed by atoms with Gasteiger partial charge in [-0.2, -0.15) is 0 Å². The summed E-state index contributed by atoms with van der Waals surface area (Å²) in [7, 11) is 0. The van der Waals surface area contributed by atoms with Gasteiger partial charge in [-0.25, -0.2) is 9.78 Å². The molecule has 2 rings (SSSR count). The summed E-state index contributed by atoms with van der Waals surface area (Å²) in [5.41, 5.74) is -0.0904. The van der Waals surface area contributed by atoms with E-state index < -0.39 is 15.8 Å². The predicted octanol–water partition coefficient (Wildman–Crippen LogP) is 3.02. The summed E-state index contributed by atoms with van der Waals surface area (Å²) in [6, 6.07) is 5.75. The molecule has 0 fully saturated rings. The molecule has 0 aliphatic carbocycles. The molecule has 2 aromatic rings. The summed E-state index contributed by atoms with van der Waals surface area (Å²) >= 11 is 0.963. The molecular formula is C15H14N4O6S. The van der Waals surface area contributed by atoms with Crippen LogP contribution in [0, 0.1) is 20.2 Å². The van der Waals surface area contributed by atoms with Crippen molar-refractivity contribution in [3.8, 4) is 0 Å². The average molecular weight is 378 g/mol. The standard InChI is InChI=1S/C15H14N4O6S/c20-15(7-4-12-3-6-14(26-12)19(23)24)25-9-1-8-16-13-5-2-11(10-17-13)18(21)22/h2-7,10H,1,8-9H2,(H,16,17)/b7-4+. The number of hydrogen-bond donors (Lipinski definition) is 1. The molecule has 0 aliphatic heterocycles. The van der Waals surface area contributed by atoms with Crippen molar-refractivity contribution >= 4 is 39.9 Å². The van der Waals surface area contributed by atoms with Crippen LogP contribution in [0.2, 0.25) is 0 Å². The number of nitro groups is 2. The van der Waals surface area contributed by atoms with Crippen LogP contribution in [-0.2, 0) is 9.53 Å². The molecule has 2 aromatic heterocycles. The molecule has 2 heterocycles. The molecule has 0 bridgehead atoms. The zero-order valence-corrected chi connectivity index (χ0v) is 14.2. The minimum atomic E-state index is -0.547. The fourth-order valence-electron chi connectivity index (χ4n) is 1.79. The van der Waals surface area contributed by atoms with Crippen molar-refractivity contribution in [1.29, 1.82) is 0 Å². The highest BCUT2D eigenvalue weighted by atomic mass is 32.1. The van der Waals surface area contributed by atoms with Gasteiger partial charge in [0.1, 0.15) is 12.0 Å². The van der Waals surface area contributed by atoms with Crippen molar-refractivity contribution in [2.45, 2.75) is 6.42 Å². The zero-order chi connectivity index (χ0) is 18.9. The lowest BCUT2D eigenvalue weighted by atomic mass is 10.4. The lowest BCUT2D eigenvalue weighted by Crippen LogP contribution is -2.09. The summed E-state index contributed by atoms with van der Waals surface area (Å²) in [5.74, 6) is -0.0596. The van der Waals surface area contributed by atoms with Gasteiger partial charge in [0.25, 0.3) is 5.69 Å². The van der Waals surface area contributed by atoms with E-state index in [4.69, 9.17) is 4.74 Å². The van der Waals surface area contributed by atoms with E-state index in [-0.39, 0.29) is 17.3 Å². The minimum absolute atomic E-state index is 0.00365. The number of ether oxygens (including phenoxy) is 1. The first-order valence-electron chi connectivity index (χ1n) is 7.39. The second-order valence-electron chi connectivity index (χ2n) is 4.87. The smallest absolute Gasteiger partial charge is 0.330 e. The second-order valence-corrected chi connectivity index (χ2v) is 5.97. The molecule has 0 amide bonds. The van der Waals surface area contributed by atoms with Crippen LogP contribution in [-0.4, -0.2) is 34.0 Å². The quantitative estimate of drug-likeness (QED) is 0.231. The van der Waals surface area contributed by atoms with Crippen LogP contribution in [0.5, 0.6) is 0 Å². The largest absolute Gasteiger partial charge is 0.462 e. The number of nitrogens with zero attached hydrogens (tertiary/aromatic N) is 3. The molecule has 0 radical (unpaired) electrons. The van der Waals surface area contributed by atoms with Crippen LogP contribution in [0.3, 0.4) is 0 Å². The van der Waals surface area contributed by atoms with Crippen LogP contribution in [0.4, 0.5) is 16.5 Å². The van der Waals surface area contributed by atoms with Crippen molar-refractivity contribution in [2.24, 2.45) is 0 Å². The van der Waals surface area contributed by atoms with Crippen molar-refractivity contribution in [3.05, 3.63) is 61.6 Å². The van der Waals surface area contributed by atoms with Crippen LogP contribution in [0.15, 0.2) is 36.5 Å². The number of hydrogen-bond acceptors (Lipinski definition) is 9. The van der Waals surface area contributed by atoms with Gasteiger partial charge in [0.05, 0.1) is 16.5 Å². The average Bonchev–Trinajstić information content (AvgIpc) is 3.09. The number of carbonyl (C=O) groups is 1. The first kappa shape index (κ1) is 19.0. The molecule has 0 spiro atoms. The summed E-state index contributed by atoms with van der Waals surface area (Å²) in [5, 5.41) is 24.0. The monoisotopic (exact) mass is 378 g/mol. The topological polar surface area (TPSA) is 138 Å². The van der Waals surface area contributed by atoms with Crippen molar-refractivity contribution in [3.63, 3.8) is 0 Å². The van der Waals surface area contributed by atoms with Crippen LogP contribution < -0.4 is 5.32 Å². The third kappa shape index (κ3) is 5.94. The molecular weight excluding hydrogens is 364 g/mol. The predicted molar refractivity (Wildman–Crippen MR) is 95.0 cm³/mol. The highest BCUT2D eigenvalue weighted by molar-refractivity contribution is 7.16. The molecule has 10 nitrogen and oxygen atoms in total. The maximum atomic E-state index is 11.6. The van der Waals surface area contributed by atoms with E-state index in [2.05, 4.69) is 10.3 Å². The van der Waals surface area contributed by atoms with E-state index in [0.29, 0.717) is 23.7 Å². The fourth-order valence-corrected chi connectivity index (χ4v) is 2.51. The number of carbonyl (C=O) groups excluding carboxylic acids is 1. The normalized spacial score (nSPS) is 10.6. The fraction of sp³-hybridized carbons (Fsp3) is 0.200. The van der Waals surface area contributed by atoms with Gasteiger partial charge in [0.2, 0.25) is 0 Å². The number of aromatic nitrogens is 1. The lowest BCUT2D eigenvalue weighted by molar-refractivity contribution is -0.385. The van der Waals surface area contributed by atoms with Crippen LogP contribution >= 0.6 is 11.3 Å². The minimum Gasteiger partial charge on any atom is -0.462 e. The second kappa shape index (κ2) is 9.22. The van der Waals surface area contributed by atoms with Gasteiger partial charge in [-0.1, -0.05) is 11.3 Å². The SMILES string of the molecule is O=C(/C=C/c1ccc([N+](=O)[O-])s1)OCCCNc1ccc([N+](=O)[O-])cn1. The molecule has 0 saturated carbocycles. The molecule has 0 unspecified atom stereocenters. The van der Waals surface area contributed by atoms with E-state index in [0.717, 1.165) is 17.5 Å². The third-order valence-electron chi connectivity index (χ3n) is 3.01. The summed E-state index contributed by atoms with van der Waals surface area (Å²) in [6.07, 6.45) is 4.34. The first-order chi connectivity index (χ1) is 12.5. The Morgan fingerprint density at radius 1 is 1.23 bits per heavy atom. The van der Waals surface area contributed by atoms with Gasteiger partial charge in [-0.3, -0.25) is 20.2 Å². The molecule has 0 saturated heterocycles. The molecule has 26 heavy (non-hydrogen) atoms. The van der Waals surface area contributed by atoms with E-state index in [1.54, 1.807) is 6.07 Å². The molecule has 0 atom stereocenters. The maximum Gasteiger partial charge on any atom is 0.330 e. The summed E-state index contributed by atoms with van der Waals surface area (Å²) < 4.78 is 5.00. The molecule has 0 aliphatic rings. The maximum absolute atomic E-state index is 11.6. The highest BCUT2D eigenvalue weighted by Crippen LogP contribution is 2.24. The first-order valence-corrected chi connectivity index (χ1v) is 8.21. The Balaban J connectivity index is 1.65. The zero-order valence-electron chi connectivity index (χ0n) is 13.4. The van der Waals surface area contributed by atoms with Gasteiger partial charge in [-0.15, -0.1) is 0 Å². The van der Waals surface area contributed by atoms with E-state index in [1.807, 2.05) is 0 Å². The number of esters is 1. The number of pyridine rings is 1. The third-order valence-corrected chi connectivity index (χ3v) is 4.01. The molecule has 11 heteroatoms. The van der Waals surface area contributed by atoms with Crippen LogP contribution in [0.1, 0.15) is 11.3 Å². The Labute approximate surface area is 151 Å². The summed E-state index contributed by atoms with van der Waals surface area (Å²) in [4.78, 5) is 36.1. The Morgan fingerprint density at radius 2 is 2.04 bits per heavy atom. The van der Waals surface area contributed by atoms with E-state index >= 15 is 0 Å². The molecule has 136 valence electrons. The molecule has 0 aromatic carbocycles. The number of nitrogens with one attached hydrogen (secondary N) is 1. The lowest BCUT2D eigenvalue weighted by Gasteiger charge is -2.05. The van der Waals surface area contributed by atoms with Crippen molar-refractivity contribution in [1.82, 2.24) is 4.98 Å². The Morgan fingerprint density at radius 3 is 2.65 bits per heavy atom. The Bertz CT molecular complexity index is 818. The van der Waals surface area contributed by atoms with Crippen molar-refractivity contribution < 1.29 is 19.4 Å². The van der Waals surface area contributed by atoms with Gasteiger partial charge in [0.15, 0.2) is 0 Å². The Hall–Kier alpha value is -3.34. The van der Waals surface area contributed by atoms with Gasteiger partial charge in [0, 0.05) is 29.6 Å². The number of rotatable bonds is 9. The Kier molecular flexibility index (Phi) is 6.74.